The van der Waals surface area contributed by atoms with Crippen molar-refractivity contribution in [3.8, 4) is 0 Å². The maximum absolute atomic E-state index is 6.12. The highest BCUT2D eigenvalue weighted by molar-refractivity contribution is 6.07. The average Bonchev–Trinajstić information content (AvgIpc) is 3.57. The third kappa shape index (κ3) is 12.6. The number of hydrogen-bond donors (Lipinski definition) is 3. The van der Waals surface area contributed by atoms with Gasteiger partial charge in [0.15, 0.2) is 0 Å². The molecule has 1 aromatic heterocycles. The van der Waals surface area contributed by atoms with Crippen LogP contribution in [-0.4, -0.2) is 7.05 Å². The van der Waals surface area contributed by atoms with E-state index in [0.717, 1.165) is 61.9 Å². The van der Waals surface area contributed by atoms with E-state index in [-0.39, 0.29) is 0 Å². The van der Waals surface area contributed by atoms with E-state index in [0.29, 0.717) is 6.54 Å². The van der Waals surface area contributed by atoms with Crippen LogP contribution >= 0.6 is 0 Å². The van der Waals surface area contributed by atoms with Gasteiger partial charge in [0.2, 0.25) is 0 Å². The molecule has 5 N–H and O–H groups in total. The molecule has 5 rings (SSSR count). The lowest BCUT2D eigenvalue weighted by Gasteiger charge is -2.10. The number of fused-ring (bicyclic) bond motifs is 3. The minimum absolute atomic E-state index is 0.441. The second-order valence-electron chi connectivity index (χ2n) is 10.9. The minimum Gasteiger partial charge on any atom is -0.456 e. The molecule has 4 heteroatoms. The summed E-state index contributed by atoms with van der Waals surface area (Å²) in [7, 11) is 1.50. The lowest BCUT2D eigenvalue weighted by Crippen LogP contribution is -2.00. The van der Waals surface area contributed by atoms with E-state index < -0.39 is 0 Å². The van der Waals surface area contributed by atoms with Crippen LogP contribution in [0, 0.1) is 0 Å². The molecule has 0 unspecified atom stereocenters. The van der Waals surface area contributed by atoms with Gasteiger partial charge in [-0.15, -0.1) is 0 Å². The molecule has 0 saturated carbocycles. The normalized spacial score (nSPS) is 11.6. The molecule has 1 heterocycles. The summed E-state index contributed by atoms with van der Waals surface area (Å²) in [6.07, 6.45) is 18.3. The van der Waals surface area contributed by atoms with Gasteiger partial charge in [0.1, 0.15) is 11.2 Å². The maximum Gasteiger partial charge on any atom is 0.139 e. The summed E-state index contributed by atoms with van der Waals surface area (Å²) in [5, 5.41) is 5.30. The van der Waals surface area contributed by atoms with Crippen molar-refractivity contribution >= 4 is 27.5 Å². The fourth-order valence-electron chi connectivity index (χ4n) is 5.14. The van der Waals surface area contributed by atoms with Gasteiger partial charge >= 0.3 is 0 Å². The van der Waals surface area contributed by atoms with Gasteiger partial charge < -0.3 is 21.2 Å². The van der Waals surface area contributed by atoms with E-state index in [1.165, 1.54) is 18.2 Å². The number of para-hydroxylation sites is 1. The first-order chi connectivity index (χ1) is 25.0. The first-order valence-corrected chi connectivity index (χ1v) is 17.4. The summed E-state index contributed by atoms with van der Waals surface area (Å²) in [6, 6.07) is 33.4. The number of furan rings is 1. The first kappa shape index (κ1) is 41.5. The molecule has 264 valence electrons. The number of benzene rings is 4. The highest BCUT2D eigenvalue weighted by Crippen LogP contribution is 2.34. The van der Waals surface area contributed by atoms with Crippen LogP contribution in [-0.2, 0) is 13.0 Å². The molecule has 4 aromatic carbocycles. The number of hydrogen-bond acceptors (Lipinski definition) is 4. The van der Waals surface area contributed by atoms with Gasteiger partial charge in [-0.2, -0.15) is 0 Å². The molecule has 0 atom stereocenters. The summed E-state index contributed by atoms with van der Waals surface area (Å²) in [5.41, 5.74) is 21.0. The zero-order valence-corrected chi connectivity index (χ0v) is 31.0. The topological polar surface area (TPSA) is 77.2 Å². The molecule has 0 saturated heterocycles. The Labute approximate surface area is 306 Å². The smallest absolute Gasteiger partial charge is 0.139 e. The largest absolute Gasteiger partial charge is 0.456 e. The Balaban J connectivity index is 0.000000438. The third-order valence-electron chi connectivity index (χ3n) is 7.77. The Kier molecular flexibility index (Phi) is 19.2. The van der Waals surface area contributed by atoms with E-state index in [2.05, 4.69) is 123 Å². The minimum atomic E-state index is 0.441. The van der Waals surface area contributed by atoms with Gasteiger partial charge in [-0.3, -0.25) is 0 Å². The van der Waals surface area contributed by atoms with Gasteiger partial charge in [-0.25, -0.2) is 0 Å². The second kappa shape index (κ2) is 23.6. The summed E-state index contributed by atoms with van der Waals surface area (Å²) in [4.78, 5) is 0. The Hall–Kier alpha value is -5.68. The summed E-state index contributed by atoms with van der Waals surface area (Å²) >= 11 is 0. The standard InChI is InChI=1S/C31H32N2O.C13H12.C2H6.CH5N/c1-6-9-15-27(23(5)22(4)13-10-11-19-33-26(7-2)8-3)24-17-18-30-29(20-24)28-16-12-14-25(21-32)31(28)34-30;1-3-7-12(8-4-1)11-13-9-5-2-6-10-13;2*1-2/h6-20,33H,1-2,4,21,32H2,3,5H3;1-10H,11H2;1-2H3;2H2,1H3/b13-10-,15-9-,19-11-,26-8+,27-23-;;;. The molecule has 0 amide bonds. The number of rotatable bonds is 12. The fourth-order valence-corrected chi connectivity index (χ4v) is 5.14. The van der Waals surface area contributed by atoms with Crippen LogP contribution in [0.2, 0.25) is 0 Å². The van der Waals surface area contributed by atoms with Crippen molar-refractivity contribution in [3.63, 3.8) is 0 Å². The predicted octanol–water partition coefficient (Wildman–Crippen LogP) is 11.7. The molecule has 51 heavy (non-hydrogen) atoms. The molecule has 0 radical (unpaired) electrons. The molecule has 0 aliphatic carbocycles. The monoisotopic (exact) mass is 677 g/mol. The molecule has 0 fully saturated rings. The van der Waals surface area contributed by atoms with Crippen molar-refractivity contribution in [3.05, 3.63) is 211 Å². The third-order valence-corrected chi connectivity index (χ3v) is 7.77. The molecular weight excluding hydrogens is 623 g/mol. The SMILES string of the molecule is C=C/C=C\C(=C(/C)C(=C)/C=C\C=C/N/C(C=C)=C/C)c1ccc2oc3c(CN)cccc3c2c1.CC.CN.c1ccc(Cc2ccccc2)cc1. The molecule has 0 aliphatic rings. The van der Waals surface area contributed by atoms with Crippen molar-refractivity contribution in [1.82, 2.24) is 5.32 Å². The average molecular weight is 678 g/mol. The zero-order valence-electron chi connectivity index (χ0n) is 31.0. The summed E-state index contributed by atoms with van der Waals surface area (Å²) in [5.74, 6) is 0. The Morgan fingerprint density at radius 3 is 2.00 bits per heavy atom. The van der Waals surface area contributed by atoms with Gasteiger partial charge in [0, 0.05) is 34.8 Å². The van der Waals surface area contributed by atoms with Crippen LogP contribution in [0.25, 0.3) is 27.5 Å². The van der Waals surface area contributed by atoms with Crippen LogP contribution in [0.3, 0.4) is 0 Å². The van der Waals surface area contributed by atoms with Gasteiger partial charge in [0.05, 0.1) is 0 Å². The van der Waals surface area contributed by atoms with Crippen LogP contribution in [0.1, 0.15) is 49.9 Å². The van der Waals surface area contributed by atoms with E-state index >= 15 is 0 Å². The van der Waals surface area contributed by atoms with Gasteiger partial charge in [0.25, 0.3) is 0 Å². The molecule has 0 aliphatic heterocycles. The Bertz CT molecular complexity index is 1930. The maximum atomic E-state index is 6.12. The van der Waals surface area contributed by atoms with Gasteiger partial charge in [-0.1, -0.05) is 155 Å². The molecule has 5 aromatic rings. The molecule has 4 nitrogen and oxygen atoms in total. The number of nitrogens with one attached hydrogen (secondary N) is 1. The molecule has 0 bridgehead atoms. The van der Waals surface area contributed by atoms with Crippen molar-refractivity contribution in [2.24, 2.45) is 11.5 Å². The fraction of sp³-hybridized carbons (Fsp3) is 0.149. The van der Waals surface area contributed by atoms with Crippen LogP contribution < -0.4 is 16.8 Å². The van der Waals surface area contributed by atoms with Crippen LogP contribution in [0.4, 0.5) is 0 Å². The highest BCUT2D eigenvalue weighted by atomic mass is 16.3. The van der Waals surface area contributed by atoms with Crippen molar-refractivity contribution in [1.29, 1.82) is 0 Å². The van der Waals surface area contributed by atoms with Crippen LogP contribution in [0.15, 0.2) is 193 Å². The number of allylic oxidation sites excluding steroid dienone is 11. The second-order valence-corrected chi connectivity index (χ2v) is 10.9. The zero-order chi connectivity index (χ0) is 37.4. The first-order valence-electron chi connectivity index (χ1n) is 17.4. The van der Waals surface area contributed by atoms with Crippen molar-refractivity contribution < 1.29 is 4.42 Å². The van der Waals surface area contributed by atoms with Crippen LogP contribution in [0.5, 0.6) is 0 Å². The van der Waals surface area contributed by atoms with Crippen molar-refractivity contribution in [2.75, 3.05) is 7.05 Å². The van der Waals surface area contributed by atoms with E-state index in [4.69, 9.17) is 10.2 Å². The van der Waals surface area contributed by atoms with E-state index in [1.54, 1.807) is 12.2 Å². The molecular formula is C47H55N3O. The lowest BCUT2D eigenvalue weighted by atomic mass is 9.94. The quantitative estimate of drug-likeness (QED) is 0.115. The Morgan fingerprint density at radius 1 is 0.784 bits per heavy atom. The number of nitrogens with two attached hydrogens (primary N) is 2. The lowest BCUT2D eigenvalue weighted by molar-refractivity contribution is 0.663. The summed E-state index contributed by atoms with van der Waals surface area (Å²) in [6.45, 7) is 20.4. The van der Waals surface area contributed by atoms with Gasteiger partial charge in [-0.05, 0) is 85.0 Å². The highest BCUT2D eigenvalue weighted by Gasteiger charge is 2.12. The predicted molar refractivity (Wildman–Crippen MR) is 225 cm³/mol. The van der Waals surface area contributed by atoms with Crippen molar-refractivity contribution in [2.45, 2.75) is 40.7 Å². The Morgan fingerprint density at radius 2 is 1.43 bits per heavy atom. The summed E-state index contributed by atoms with van der Waals surface area (Å²) < 4.78 is 6.12. The van der Waals surface area contributed by atoms with E-state index in [9.17, 15) is 0 Å². The van der Waals surface area contributed by atoms with E-state index in [1.807, 2.05) is 75.6 Å². The molecule has 0 spiro atoms.